The largest absolute Gasteiger partial charge is 0.345 e. The highest BCUT2D eigenvalue weighted by atomic mass is 16.2. The van der Waals surface area contributed by atoms with Crippen LogP contribution in [-0.2, 0) is 11.2 Å². The lowest BCUT2D eigenvalue weighted by molar-refractivity contribution is -0.129. The second-order valence-corrected chi connectivity index (χ2v) is 3.83. The molecular formula is C13H19NO. The van der Waals surface area contributed by atoms with E-state index in [1.165, 1.54) is 0 Å². The summed E-state index contributed by atoms with van der Waals surface area (Å²) in [5, 5.41) is 0. The third kappa shape index (κ3) is 4.15. The number of hydrogen-bond donors (Lipinski definition) is 0. The Bertz CT molecular complexity index is 295. The van der Waals surface area contributed by atoms with Crippen molar-refractivity contribution in [2.45, 2.75) is 26.2 Å². The molecule has 15 heavy (non-hydrogen) atoms. The number of unbranched alkanes of at least 4 members (excludes halogenated alkanes) is 1. The van der Waals surface area contributed by atoms with E-state index >= 15 is 0 Å². The lowest BCUT2D eigenvalue weighted by atomic mass is 10.1. The van der Waals surface area contributed by atoms with Crippen LogP contribution in [0, 0.1) is 0 Å². The summed E-state index contributed by atoms with van der Waals surface area (Å²) in [7, 11) is 1.88. The molecule has 1 amide bonds. The SMILES string of the molecule is CCCCN(C)C(=O)Cc1ccccc1. The number of carbonyl (C=O) groups is 1. The molecule has 0 bridgehead atoms. The fourth-order valence-electron chi connectivity index (χ4n) is 1.43. The number of benzene rings is 1. The molecule has 0 N–H and O–H groups in total. The maximum absolute atomic E-state index is 11.7. The lowest BCUT2D eigenvalue weighted by Gasteiger charge is -2.16. The van der Waals surface area contributed by atoms with Gasteiger partial charge in [-0.1, -0.05) is 43.7 Å². The first-order valence-electron chi connectivity index (χ1n) is 5.52. The smallest absolute Gasteiger partial charge is 0.226 e. The monoisotopic (exact) mass is 205 g/mol. The number of amides is 1. The van der Waals surface area contributed by atoms with Crippen LogP contribution in [-0.4, -0.2) is 24.4 Å². The van der Waals surface area contributed by atoms with Crippen molar-refractivity contribution >= 4 is 5.91 Å². The zero-order valence-electron chi connectivity index (χ0n) is 9.57. The molecule has 0 radical (unpaired) electrons. The summed E-state index contributed by atoms with van der Waals surface area (Å²) in [6.45, 7) is 3.00. The number of likely N-dealkylation sites (N-methyl/N-ethyl adjacent to an activating group) is 1. The molecule has 0 aromatic heterocycles. The number of nitrogens with zero attached hydrogens (tertiary/aromatic N) is 1. The number of carbonyl (C=O) groups excluding carboxylic acids is 1. The number of hydrogen-bond acceptors (Lipinski definition) is 1. The normalized spacial score (nSPS) is 10.0. The molecule has 2 heteroatoms. The van der Waals surface area contributed by atoms with E-state index < -0.39 is 0 Å². The molecule has 0 aliphatic heterocycles. The van der Waals surface area contributed by atoms with E-state index in [1.807, 2.05) is 42.3 Å². The fraction of sp³-hybridized carbons (Fsp3) is 0.462. The molecule has 0 heterocycles. The van der Waals surface area contributed by atoms with Crippen LogP contribution in [0.5, 0.6) is 0 Å². The van der Waals surface area contributed by atoms with Gasteiger partial charge in [0.25, 0.3) is 0 Å². The fourth-order valence-corrected chi connectivity index (χ4v) is 1.43. The second kappa shape index (κ2) is 6.23. The highest BCUT2D eigenvalue weighted by Gasteiger charge is 2.08. The van der Waals surface area contributed by atoms with Gasteiger partial charge in [-0.25, -0.2) is 0 Å². The van der Waals surface area contributed by atoms with Crippen LogP contribution in [0.25, 0.3) is 0 Å². The first-order valence-corrected chi connectivity index (χ1v) is 5.52. The quantitative estimate of drug-likeness (QED) is 0.723. The second-order valence-electron chi connectivity index (χ2n) is 3.83. The Morgan fingerprint density at radius 1 is 1.27 bits per heavy atom. The molecule has 1 aromatic carbocycles. The van der Waals surface area contributed by atoms with Crippen molar-refractivity contribution in [1.82, 2.24) is 4.90 Å². The average molecular weight is 205 g/mol. The Balaban J connectivity index is 2.42. The van der Waals surface area contributed by atoms with Gasteiger partial charge in [0.15, 0.2) is 0 Å². The van der Waals surface area contributed by atoms with Crippen LogP contribution in [0.15, 0.2) is 30.3 Å². The van der Waals surface area contributed by atoms with Gasteiger partial charge < -0.3 is 4.90 Å². The van der Waals surface area contributed by atoms with Crippen LogP contribution < -0.4 is 0 Å². The molecule has 1 aromatic rings. The van der Waals surface area contributed by atoms with Gasteiger partial charge in [0.05, 0.1) is 6.42 Å². The molecule has 0 spiro atoms. The van der Waals surface area contributed by atoms with E-state index in [4.69, 9.17) is 0 Å². The van der Waals surface area contributed by atoms with Gasteiger partial charge in [0, 0.05) is 13.6 Å². The first kappa shape index (κ1) is 11.8. The molecule has 1 rings (SSSR count). The van der Waals surface area contributed by atoms with Gasteiger partial charge in [-0.2, -0.15) is 0 Å². The molecule has 0 fully saturated rings. The average Bonchev–Trinajstić information content (AvgIpc) is 2.27. The van der Waals surface area contributed by atoms with Gasteiger partial charge in [-0.05, 0) is 12.0 Å². The Labute approximate surface area is 91.9 Å². The zero-order valence-corrected chi connectivity index (χ0v) is 9.57. The molecular weight excluding hydrogens is 186 g/mol. The van der Waals surface area contributed by atoms with E-state index in [-0.39, 0.29) is 5.91 Å². The Morgan fingerprint density at radius 3 is 2.53 bits per heavy atom. The van der Waals surface area contributed by atoms with Crippen LogP contribution in [0.4, 0.5) is 0 Å². The highest BCUT2D eigenvalue weighted by molar-refractivity contribution is 5.78. The van der Waals surface area contributed by atoms with Crippen molar-refractivity contribution in [2.24, 2.45) is 0 Å². The Kier molecular flexibility index (Phi) is 4.88. The summed E-state index contributed by atoms with van der Waals surface area (Å²) < 4.78 is 0. The van der Waals surface area contributed by atoms with Gasteiger partial charge >= 0.3 is 0 Å². The summed E-state index contributed by atoms with van der Waals surface area (Å²) >= 11 is 0. The molecule has 0 unspecified atom stereocenters. The first-order chi connectivity index (χ1) is 7.24. The standard InChI is InChI=1S/C13H19NO/c1-3-4-10-14(2)13(15)11-12-8-6-5-7-9-12/h5-9H,3-4,10-11H2,1-2H3. The number of rotatable bonds is 5. The van der Waals surface area contributed by atoms with Gasteiger partial charge in [0.2, 0.25) is 5.91 Å². The zero-order chi connectivity index (χ0) is 11.1. The van der Waals surface area contributed by atoms with Crippen molar-refractivity contribution in [3.8, 4) is 0 Å². The minimum Gasteiger partial charge on any atom is -0.345 e. The predicted octanol–water partition coefficient (Wildman–Crippen LogP) is 2.49. The van der Waals surface area contributed by atoms with Crippen molar-refractivity contribution in [2.75, 3.05) is 13.6 Å². The third-order valence-electron chi connectivity index (χ3n) is 2.47. The Morgan fingerprint density at radius 2 is 1.93 bits per heavy atom. The van der Waals surface area contributed by atoms with Gasteiger partial charge in [-0.3, -0.25) is 4.79 Å². The van der Waals surface area contributed by atoms with Gasteiger partial charge in [-0.15, -0.1) is 0 Å². The minimum atomic E-state index is 0.203. The molecule has 82 valence electrons. The summed E-state index contributed by atoms with van der Waals surface area (Å²) in [6, 6.07) is 9.88. The van der Waals surface area contributed by atoms with E-state index in [9.17, 15) is 4.79 Å². The van der Waals surface area contributed by atoms with Gasteiger partial charge in [0.1, 0.15) is 0 Å². The lowest BCUT2D eigenvalue weighted by Crippen LogP contribution is -2.29. The van der Waals surface area contributed by atoms with Crippen molar-refractivity contribution < 1.29 is 4.79 Å². The van der Waals surface area contributed by atoms with Crippen molar-refractivity contribution in [1.29, 1.82) is 0 Å². The van der Waals surface area contributed by atoms with Crippen LogP contribution in [0.3, 0.4) is 0 Å². The molecule has 0 saturated heterocycles. The topological polar surface area (TPSA) is 20.3 Å². The van der Waals surface area contributed by atoms with Crippen LogP contribution in [0.1, 0.15) is 25.3 Å². The third-order valence-corrected chi connectivity index (χ3v) is 2.47. The van der Waals surface area contributed by atoms with E-state index in [1.54, 1.807) is 0 Å². The van der Waals surface area contributed by atoms with Crippen LogP contribution >= 0.6 is 0 Å². The molecule has 0 aliphatic carbocycles. The molecule has 2 nitrogen and oxygen atoms in total. The Hall–Kier alpha value is -1.31. The summed E-state index contributed by atoms with van der Waals surface area (Å²) in [5.74, 6) is 0.203. The molecule has 0 saturated carbocycles. The van der Waals surface area contributed by atoms with Crippen LogP contribution in [0.2, 0.25) is 0 Å². The highest BCUT2D eigenvalue weighted by Crippen LogP contribution is 2.02. The van der Waals surface area contributed by atoms with E-state index in [0.717, 1.165) is 24.9 Å². The van der Waals surface area contributed by atoms with Crippen molar-refractivity contribution in [3.05, 3.63) is 35.9 Å². The van der Waals surface area contributed by atoms with E-state index in [2.05, 4.69) is 6.92 Å². The maximum Gasteiger partial charge on any atom is 0.226 e. The van der Waals surface area contributed by atoms with E-state index in [0.29, 0.717) is 6.42 Å². The maximum atomic E-state index is 11.7. The minimum absolute atomic E-state index is 0.203. The predicted molar refractivity (Wildman–Crippen MR) is 62.7 cm³/mol. The summed E-state index contributed by atoms with van der Waals surface area (Å²) in [4.78, 5) is 13.6. The summed E-state index contributed by atoms with van der Waals surface area (Å²) in [5.41, 5.74) is 1.09. The summed E-state index contributed by atoms with van der Waals surface area (Å²) in [6.07, 6.45) is 2.72. The van der Waals surface area contributed by atoms with Crippen molar-refractivity contribution in [3.63, 3.8) is 0 Å². The molecule has 0 aliphatic rings. The molecule has 0 atom stereocenters.